The number of halogens is 1. The lowest BCUT2D eigenvalue weighted by molar-refractivity contribution is 0.880. The van der Waals surface area contributed by atoms with Gasteiger partial charge in [-0.3, -0.25) is 0 Å². The van der Waals surface area contributed by atoms with E-state index in [9.17, 15) is 0 Å². The lowest BCUT2D eigenvalue weighted by atomic mass is 10.1. The van der Waals surface area contributed by atoms with E-state index in [1.807, 2.05) is 12.1 Å². The van der Waals surface area contributed by atoms with Gasteiger partial charge in [0, 0.05) is 29.7 Å². The highest BCUT2D eigenvalue weighted by Crippen LogP contribution is 2.45. The molecule has 0 aliphatic heterocycles. The van der Waals surface area contributed by atoms with E-state index >= 15 is 0 Å². The summed E-state index contributed by atoms with van der Waals surface area (Å²) in [7, 11) is 2.16. The van der Waals surface area contributed by atoms with Crippen molar-refractivity contribution < 1.29 is 0 Å². The minimum Gasteiger partial charge on any atom is -0.371 e. The van der Waals surface area contributed by atoms with Gasteiger partial charge in [0.15, 0.2) is 0 Å². The highest BCUT2D eigenvalue weighted by atomic mass is 35.5. The van der Waals surface area contributed by atoms with E-state index < -0.39 is 0 Å². The standard InChI is InChI=1S/C16H16ClN/c1-18(14-9-7-13(17)8-10-14)16-11-15(16)12-5-3-2-4-6-12/h2-10,15-16H,11H2,1H3/t15-,16+/m0/s1. The Hall–Kier alpha value is -1.47. The molecule has 1 nitrogen and oxygen atoms in total. The van der Waals surface area contributed by atoms with E-state index in [1.54, 1.807) is 0 Å². The van der Waals surface area contributed by atoms with E-state index in [2.05, 4.69) is 54.4 Å². The minimum atomic E-state index is 0.619. The van der Waals surface area contributed by atoms with Crippen molar-refractivity contribution in [1.82, 2.24) is 0 Å². The number of nitrogens with zero attached hydrogens (tertiary/aromatic N) is 1. The van der Waals surface area contributed by atoms with E-state index in [1.165, 1.54) is 17.7 Å². The van der Waals surface area contributed by atoms with Crippen molar-refractivity contribution in [2.45, 2.75) is 18.4 Å². The third-order valence-corrected chi connectivity index (χ3v) is 3.97. The second-order valence-electron chi connectivity index (χ2n) is 4.91. The number of likely N-dealkylation sites (N-methyl/N-ethyl adjacent to an activating group) is 1. The Morgan fingerprint density at radius 2 is 1.67 bits per heavy atom. The van der Waals surface area contributed by atoms with Gasteiger partial charge in [0.2, 0.25) is 0 Å². The van der Waals surface area contributed by atoms with Gasteiger partial charge >= 0.3 is 0 Å². The first kappa shape index (κ1) is 11.6. The van der Waals surface area contributed by atoms with Gasteiger partial charge in [-0.05, 0) is 36.2 Å². The summed E-state index contributed by atoms with van der Waals surface area (Å²) >= 11 is 5.92. The van der Waals surface area contributed by atoms with Gasteiger partial charge in [-0.2, -0.15) is 0 Å². The molecule has 1 saturated carbocycles. The summed E-state index contributed by atoms with van der Waals surface area (Å²) in [4.78, 5) is 2.36. The van der Waals surface area contributed by atoms with E-state index in [0.29, 0.717) is 12.0 Å². The molecule has 0 spiro atoms. The van der Waals surface area contributed by atoms with Crippen LogP contribution in [-0.2, 0) is 0 Å². The van der Waals surface area contributed by atoms with Gasteiger partial charge in [0.05, 0.1) is 0 Å². The zero-order valence-corrected chi connectivity index (χ0v) is 11.1. The summed E-state index contributed by atoms with van der Waals surface area (Å²) < 4.78 is 0. The number of anilines is 1. The quantitative estimate of drug-likeness (QED) is 0.791. The first-order valence-corrected chi connectivity index (χ1v) is 6.67. The van der Waals surface area contributed by atoms with Crippen molar-refractivity contribution in [3.63, 3.8) is 0 Å². The maximum atomic E-state index is 5.92. The van der Waals surface area contributed by atoms with Crippen LogP contribution >= 0.6 is 11.6 Å². The maximum absolute atomic E-state index is 5.92. The fourth-order valence-electron chi connectivity index (χ4n) is 2.54. The molecule has 2 heteroatoms. The molecule has 0 N–H and O–H groups in total. The summed E-state index contributed by atoms with van der Waals surface area (Å²) in [6, 6.07) is 19.4. The Morgan fingerprint density at radius 3 is 2.33 bits per heavy atom. The van der Waals surface area contributed by atoms with Gasteiger partial charge in [0.25, 0.3) is 0 Å². The Kier molecular flexibility index (Phi) is 3.00. The van der Waals surface area contributed by atoms with Crippen LogP contribution in [0.3, 0.4) is 0 Å². The van der Waals surface area contributed by atoms with Crippen molar-refractivity contribution in [2.24, 2.45) is 0 Å². The summed E-state index contributed by atoms with van der Waals surface area (Å²) in [5, 5.41) is 0.794. The number of hydrogen-bond acceptors (Lipinski definition) is 1. The molecule has 3 rings (SSSR count). The molecule has 0 aromatic heterocycles. The molecule has 2 aromatic carbocycles. The van der Waals surface area contributed by atoms with E-state index in [0.717, 1.165) is 5.02 Å². The first-order valence-electron chi connectivity index (χ1n) is 6.29. The van der Waals surface area contributed by atoms with Gasteiger partial charge in [-0.15, -0.1) is 0 Å². The molecule has 0 unspecified atom stereocenters. The van der Waals surface area contributed by atoms with E-state index in [4.69, 9.17) is 11.6 Å². The summed E-state index contributed by atoms with van der Waals surface area (Å²) in [6.45, 7) is 0. The third kappa shape index (κ3) is 2.23. The van der Waals surface area contributed by atoms with Crippen molar-refractivity contribution in [3.8, 4) is 0 Å². The lowest BCUT2D eigenvalue weighted by Crippen LogP contribution is -2.20. The molecule has 0 bridgehead atoms. The molecule has 1 aliphatic rings. The summed E-state index contributed by atoms with van der Waals surface area (Å²) in [5.74, 6) is 0.673. The molecule has 0 radical (unpaired) electrons. The Balaban J connectivity index is 1.73. The highest BCUT2D eigenvalue weighted by molar-refractivity contribution is 6.30. The Bertz CT molecular complexity index is 521. The third-order valence-electron chi connectivity index (χ3n) is 3.72. The van der Waals surface area contributed by atoms with Crippen LogP contribution in [0.1, 0.15) is 17.9 Å². The monoisotopic (exact) mass is 257 g/mol. The predicted molar refractivity (Wildman–Crippen MR) is 77.4 cm³/mol. The van der Waals surface area contributed by atoms with Crippen molar-refractivity contribution >= 4 is 17.3 Å². The predicted octanol–water partition coefficient (Wildman–Crippen LogP) is 4.33. The van der Waals surface area contributed by atoms with Crippen molar-refractivity contribution in [1.29, 1.82) is 0 Å². The van der Waals surface area contributed by atoms with Gasteiger partial charge in [-0.1, -0.05) is 41.9 Å². The average Bonchev–Trinajstić information content (AvgIpc) is 3.20. The van der Waals surface area contributed by atoms with Gasteiger partial charge < -0.3 is 4.90 Å². The summed E-state index contributed by atoms with van der Waals surface area (Å²) in [6.07, 6.45) is 1.24. The topological polar surface area (TPSA) is 3.24 Å². The minimum absolute atomic E-state index is 0.619. The molecule has 1 aliphatic carbocycles. The van der Waals surface area contributed by atoms with Crippen LogP contribution in [-0.4, -0.2) is 13.1 Å². The van der Waals surface area contributed by atoms with Crippen LogP contribution in [0, 0.1) is 0 Å². The van der Waals surface area contributed by atoms with Crippen LogP contribution in [0.4, 0.5) is 5.69 Å². The normalized spacial score (nSPS) is 21.7. The smallest absolute Gasteiger partial charge is 0.0407 e. The first-order chi connectivity index (χ1) is 8.75. The highest BCUT2D eigenvalue weighted by Gasteiger charge is 2.41. The zero-order valence-electron chi connectivity index (χ0n) is 10.4. The molecule has 2 aromatic rings. The number of benzene rings is 2. The molecule has 1 fully saturated rings. The lowest BCUT2D eigenvalue weighted by Gasteiger charge is -2.19. The maximum Gasteiger partial charge on any atom is 0.0407 e. The molecule has 18 heavy (non-hydrogen) atoms. The molecular weight excluding hydrogens is 242 g/mol. The number of rotatable bonds is 3. The van der Waals surface area contributed by atoms with E-state index in [-0.39, 0.29) is 0 Å². The molecule has 0 heterocycles. The van der Waals surface area contributed by atoms with Crippen LogP contribution in [0.15, 0.2) is 54.6 Å². The molecule has 0 saturated heterocycles. The Labute approximate surface area is 113 Å². The average molecular weight is 258 g/mol. The SMILES string of the molecule is CN(c1ccc(Cl)cc1)[C@@H]1C[C@H]1c1ccccc1. The number of hydrogen-bond donors (Lipinski definition) is 0. The van der Waals surface area contributed by atoms with Crippen LogP contribution in [0.25, 0.3) is 0 Å². The largest absolute Gasteiger partial charge is 0.371 e. The van der Waals surface area contributed by atoms with Crippen LogP contribution in [0.2, 0.25) is 5.02 Å². The summed E-state index contributed by atoms with van der Waals surface area (Å²) in [5.41, 5.74) is 2.69. The molecule has 0 amide bonds. The van der Waals surface area contributed by atoms with Crippen molar-refractivity contribution in [3.05, 3.63) is 65.2 Å². The second kappa shape index (κ2) is 4.66. The molecular formula is C16H16ClN. The van der Waals surface area contributed by atoms with Gasteiger partial charge in [-0.25, -0.2) is 0 Å². The zero-order chi connectivity index (χ0) is 12.5. The Morgan fingerprint density at radius 1 is 1.00 bits per heavy atom. The van der Waals surface area contributed by atoms with Crippen LogP contribution < -0.4 is 4.90 Å². The second-order valence-corrected chi connectivity index (χ2v) is 5.34. The fourth-order valence-corrected chi connectivity index (χ4v) is 2.66. The van der Waals surface area contributed by atoms with Gasteiger partial charge in [0.1, 0.15) is 0 Å². The fraction of sp³-hybridized carbons (Fsp3) is 0.250. The van der Waals surface area contributed by atoms with Crippen LogP contribution in [0.5, 0.6) is 0 Å². The molecule has 92 valence electrons. The van der Waals surface area contributed by atoms with Crippen molar-refractivity contribution in [2.75, 3.05) is 11.9 Å². The molecule has 2 atom stereocenters.